The number of nitrogens with one attached hydrogen (secondary N) is 1. The highest BCUT2D eigenvalue weighted by Gasteiger charge is 2.24. The molecule has 0 spiro atoms. The van der Waals surface area contributed by atoms with Crippen LogP contribution in [-0.2, 0) is 4.79 Å². The Hall–Kier alpha value is -1.15. The SMILES string of the molecule is CN(CCO)c1ccc2cc(/C=C3\SC(S)NC3=O)sc2c1. The molecule has 1 atom stereocenters. The van der Waals surface area contributed by atoms with Gasteiger partial charge in [-0.15, -0.1) is 24.0 Å². The zero-order chi connectivity index (χ0) is 15.7. The maximum absolute atomic E-state index is 11.7. The summed E-state index contributed by atoms with van der Waals surface area (Å²) in [6, 6.07) is 8.31. The summed E-state index contributed by atoms with van der Waals surface area (Å²) in [5.41, 5.74) is 1.08. The first-order valence-corrected chi connectivity index (χ1v) is 9.01. The Morgan fingerprint density at radius 1 is 1.45 bits per heavy atom. The van der Waals surface area contributed by atoms with Crippen LogP contribution in [0.15, 0.2) is 29.2 Å². The predicted octanol–water partition coefficient (Wildman–Crippen LogP) is 2.75. The Kier molecular flexibility index (Phi) is 4.67. The van der Waals surface area contributed by atoms with Crippen molar-refractivity contribution in [2.24, 2.45) is 0 Å². The van der Waals surface area contributed by atoms with E-state index >= 15 is 0 Å². The van der Waals surface area contributed by atoms with Gasteiger partial charge < -0.3 is 15.3 Å². The predicted molar refractivity (Wildman–Crippen MR) is 98.7 cm³/mol. The smallest absolute Gasteiger partial charge is 0.259 e. The van der Waals surface area contributed by atoms with Gasteiger partial charge in [0.15, 0.2) is 0 Å². The van der Waals surface area contributed by atoms with Crippen LogP contribution < -0.4 is 10.2 Å². The van der Waals surface area contributed by atoms with E-state index in [1.165, 1.54) is 16.5 Å². The number of fused-ring (bicyclic) bond motifs is 1. The minimum atomic E-state index is -0.160. The largest absolute Gasteiger partial charge is 0.395 e. The summed E-state index contributed by atoms with van der Waals surface area (Å²) in [6.07, 6.45) is 1.91. The van der Waals surface area contributed by atoms with Crippen molar-refractivity contribution in [3.05, 3.63) is 34.0 Å². The molecule has 2 heterocycles. The highest BCUT2D eigenvalue weighted by molar-refractivity contribution is 8.14. The van der Waals surface area contributed by atoms with Gasteiger partial charge in [0, 0.05) is 28.9 Å². The number of carbonyl (C=O) groups is 1. The Labute approximate surface area is 142 Å². The number of thiol groups is 1. The average Bonchev–Trinajstić information content (AvgIpc) is 3.01. The van der Waals surface area contributed by atoms with Crippen LogP contribution in [-0.4, -0.2) is 35.9 Å². The van der Waals surface area contributed by atoms with Crippen molar-refractivity contribution < 1.29 is 9.90 Å². The first kappa shape index (κ1) is 15.7. The van der Waals surface area contributed by atoms with E-state index in [-0.39, 0.29) is 17.2 Å². The second-order valence-corrected chi connectivity index (χ2v) is 8.10. The normalized spacial score (nSPS) is 19.9. The van der Waals surface area contributed by atoms with Gasteiger partial charge in [0.25, 0.3) is 5.91 Å². The fraction of sp³-hybridized carbons (Fsp3) is 0.267. The molecule has 3 rings (SSSR count). The standard InChI is InChI=1S/C15H16N2O2S3/c1-17(4-5-18)10-3-2-9-6-11(21-12(9)7-10)8-13-14(19)16-15(20)22-13/h2-3,6-8,15,18,20H,4-5H2,1H3,(H,16,19)/b13-8-. The molecule has 1 aromatic heterocycles. The van der Waals surface area contributed by atoms with Crippen LogP contribution in [0.2, 0.25) is 0 Å². The Bertz CT molecular complexity index is 741. The molecule has 0 bridgehead atoms. The molecule has 4 nitrogen and oxygen atoms in total. The van der Waals surface area contributed by atoms with E-state index in [1.807, 2.05) is 24.1 Å². The third-order valence-corrected chi connectivity index (χ3v) is 5.78. The van der Waals surface area contributed by atoms with E-state index in [4.69, 9.17) is 5.11 Å². The van der Waals surface area contributed by atoms with E-state index < -0.39 is 0 Å². The molecule has 0 radical (unpaired) electrons. The van der Waals surface area contributed by atoms with Crippen molar-refractivity contribution in [1.29, 1.82) is 0 Å². The number of carbonyl (C=O) groups excluding carboxylic acids is 1. The number of aliphatic hydroxyl groups excluding tert-OH is 1. The van der Waals surface area contributed by atoms with Crippen molar-refractivity contribution in [2.75, 3.05) is 25.1 Å². The van der Waals surface area contributed by atoms with Crippen molar-refractivity contribution in [1.82, 2.24) is 5.32 Å². The average molecular weight is 353 g/mol. The van der Waals surface area contributed by atoms with E-state index in [0.717, 1.165) is 16.0 Å². The van der Waals surface area contributed by atoms with Crippen LogP contribution in [0.5, 0.6) is 0 Å². The van der Waals surface area contributed by atoms with Gasteiger partial charge in [-0.1, -0.05) is 17.8 Å². The van der Waals surface area contributed by atoms with E-state index in [0.29, 0.717) is 11.4 Å². The van der Waals surface area contributed by atoms with Gasteiger partial charge in [0.2, 0.25) is 0 Å². The molecule has 7 heteroatoms. The lowest BCUT2D eigenvalue weighted by atomic mass is 10.2. The van der Waals surface area contributed by atoms with Gasteiger partial charge in [-0.2, -0.15) is 0 Å². The summed E-state index contributed by atoms with van der Waals surface area (Å²) in [6.45, 7) is 0.738. The number of nitrogens with zero attached hydrogens (tertiary/aromatic N) is 1. The summed E-state index contributed by atoms with van der Waals surface area (Å²) in [7, 11) is 1.96. The molecule has 1 fully saturated rings. The van der Waals surface area contributed by atoms with Gasteiger partial charge in [0.1, 0.15) is 4.71 Å². The van der Waals surface area contributed by atoms with Gasteiger partial charge in [-0.25, -0.2) is 0 Å². The summed E-state index contributed by atoms with van der Waals surface area (Å²) in [4.78, 5) is 15.5. The number of thiophene rings is 1. The highest BCUT2D eigenvalue weighted by atomic mass is 32.2. The Balaban J connectivity index is 1.90. The number of anilines is 1. The number of benzene rings is 1. The van der Waals surface area contributed by atoms with E-state index in [1.54, 1.807) is 11.3 Å². The first-order valence-electron chi connectivity index (χ1n) is 6.80. The number of likely N-dealkylation sites (N-methyl/N-ethyl adjacent to an activating group) is 1. The fourth-order valence-corrected chi connectivity index (χ4v) is 4.58. The van der Waals surface area contributed by atoms with Crippen LogP contribution in [0.4, 0.5) is 5.69 Å². The van der Waals surface area contributed by atoms with E-state index in [9.17, 15) is 4.79 Å². The first-order chi connectivity index (χ1) is 10.6. The van der Waals surface area contributed by atoms with E-state index in [2.05, 4.69) is 36.1 Å². The van der Waals surface area contributed by atoms with Crippen molar-refractivity contribution in [2.45, 2.75) is 4.71 Å². The van der Waals surface area contributed by atoms with Crippen molar-refractivity contribution in [3.63, 3.8) is 0 Å². The van der Waals surface area contributed by atoms with Gasteiger partial charge in [0.05, 0.1) is 11.5 Å². The minimum absolute atomic E-state index is 0.0641. The molecule has 1 aliphatic heterocycles. The third-order valence-electron chi connectivity index (χ3n) is 3.39. The van der Waals surface area contributed by atoms with Crippen LogP contribution in [0, 0.1) is 0 Å². The molecule has 22 heavy (non-hydrogen) atoms. The van der Waals surface area contributed by atoms with Crippen LogP contribution in [0.3, 0.4) is 0 Å². The summed E-state index contributed by atoms with van der Waals surface area (Å²) < 4.78 is 1.01. The Morgan fingerprint density at radius 3 is 2.95 bits per heavy atom. The number of rotatable bonds is 4. The lowest BCUT2D eigenvalue weighted by Gasteiger charge is -2.17. The zero-order valence-electron chi connectivity index (χ0n) is 11.9. The molecular formula is C15H16N2O2S3. The minimum Gasteiger partial charge on any atom is -0.395 e. The second-order valence-electron chi connectivity index (χ2n) is 4.97. The lowest BCUT2D eigenvalue weighted by Crippen LogP contribution is -2.20. The molecule has 0 saturated carbocycles. The number of thioether (sulfide) groups is 1. The van der Waals surface area contributed by atoms with Crippen LogP contribution >= 0.6 is 35.7 Å². The number of amides is 1. The molecule has 1 aliphatic rings. The van der Waals surface area contributed by atoms with Crippen LogP contribution in [0.25, 0.3) is 16.2 Å². The maximum atomic E-state index is 11.7. The highest BCUT2D eigenvalue weighted by Crippen LogP contribution is 2.35. The molecule has 1 aromatic carbocycles. The molecule has 116 valence electrons. The molecule has 0 aliphatic carbocycles. The number of hydrogen-bond donors (Lipinski definition) is 3. The topological polar surface area (TPSA) is 52.6 Å². The molecule has 2 aromatic rings. The summed E-state index contributed by atoms with van der Waals surface area (Å²) in [5, 5.41) is 12.9. The molecule has 1 amide bonds. The number of aliphatic hydroxyl groups is 1. The van der Waals surface area contributed by atoms with Gasteiger partial charge in [-0.05, 0) is 29.7 Å². The molecular weight excluding hydrogens is 336 g/mol. The zero-order valence-corrected chi connectivity index (χ0v) is 14.5. The molecule has 1 saturated heterocycles. The summed E-state index contributed by atoms with van der Waals surface area (Å²) in [5.74, 6) is -0.0641. The van der Waals surface area contributed by atoms with Crippen molar-refractivity contribution >= 4 is 63.5 Å². The third kappa shape index (κ3) is 3.27. The van der Waals surface area contributed by atoms with Gasteiger partial charge in [-0.3, -0.25) is 4.79 Å². The van der Waals surface area contributed by atoms with Crippen LogP contribution in [0.1, 0.15) is 4.88 Å². The van der Waals surface area contributed by atoms with Crippen molar-refractivity contribution in [3.8, 4) is 0 Å². The quantitative estimate of drug-likeness (QED) is 0.585. The Morgan fingerprint density at radius 2 is 2.27 bits per heavy atom. The molecule has 1 unspecified atom stereocenters. The lowest BCUT2D eigenvalue weighted by molar-refractivity contribution is -0.116. The second kappa shape index (κ2) is 6.54. The fourth-order valence-electron chi connectivity index (χ4n) is 2.24. The summed E-state index contributed by atoms with van der Waals surface area (Å²) >= 11 is 7.33. The maximum Gasteiger partial charge on any atom is 0.259 e. The monoisotopic (exact) mass is 352 g/mol. The number of hydrogen-bond acceptors (Lipinski definition) is 6. The van der Waals surface area contributed by atoms with Gasteiger partial charge >= 0.3 is 0 Å². The molecule has 2 N–H and O–H groups in total.